The number of nitrogens with one attached hydrogen (secondary N) is 1. The molecule has 1 heterocycles. The standard InChI is InChI=1S/C15H21N3O3/c1-17(9-12-3-5-13(21-2)6-4-12)11-15(20)18-8-7-16-14(19)10-18/h3-6H,7-11H2,1-2H3,(H,16,19). The van der Waals surface area contributed by atoms with E-state index in [1.165, 1.54) is 0 Å². The summed E-state index contributed by atoms with van der Waals surface area (Å²) < 4.78 is 5.12. The molecule has 1 aromatic carbocycles. The average molecular weight is 291 g/mol. The van der Waals surface area contributed by atoms with Gasteiger partial charge in [0.15, 0.2) is 0 Å². The zero-order valence-electron chi connectivity index (χ0n) is 12.5. The Morgan fingerprint density at radius 1 is 1.38 bits per heavy atom. The predicted octanol–water partition coefficient (Wildman–Crippen LogP) is 0.0854. The SMILES string of the molecule is COc1ccc(CN(C)CC(=O)N2CCNC(=O)C2)cc1. The van der Waals surface area contributed by atoms with E-state index in [0.29, 0.717) is 26.2 Å². The second-order valence-corrected chi connectivity index (χ2v) is 5.19. The molecule has 0 unspecified atom stereocenters. The van der Waals surface area contributed by atoms with Gasteiger partial charge in [0, 0.05) is 19.6 Å². The zero-order chi connectivity index (χ0) is 15.2. The Bertz CT molecular complexity index is 501. The van der Waals surface area contributed by atoms with Gasteiger partial charge < -0.3 is 15.0 Å². The van der Waals surface area contributed by atoms with Gasteiger partial charge in [0.1, 0.15) is 5.75 Å². The Hall–Kier alpha value is -2.08. The van der Waals surface area contributed by atoms with E-state index in [-0.39, 0.29) is 18.4 Å². The van der Waals surface area contributed by atoms with Gasteiger partial charge in [-0.25, -0.2) is 0 Å². The van der Waals surface area contributed by atoms with E-state index in [4.69, 9.17) is 4.74 Å². The number of carbonyl (C=O) groups excluding carboxylic acids is 2. The molecule has 1 fully saturated rings. The van der Waals surface area contributed by atoms with Crippen molar-refractivity contribution in [3.63, 3.8) is 0 Å². The summed E-state index contributed by atoms with van der Waals surface area (Å²) in [6.45, 7) is 2.26. The minimum atomic E-state index is -0.0904. The van der Waals surface area contributed by atoms with Crippen LogP contribution in [-0.2, 0) is 16.1 Å². The molecule has 0 atom stereocenters. The fraction of sp³-hybridized carbons (Fsp3) is 0.467. The maximum Gasteiger partial charge on any atom is 0.239 e. The van der Waals surface area contributed by atoms with Crippen molar-refractivity contribution in [2.45, 2.75) is 6.54 Å². The van der Waals surface area contributed by atoms with Gasteiger partial charge in [-0.2, -0.15) is 0 Å². The van der Waals surface area contributed by atoms with E-state index >= 15 is 0 Å². The van der Waals surface area contributed by atoms with Gasteiger partial charge in [-0.3, -0.25) is 14.5 Å². The van der Waals surface area contributed by atoms with Crippen LogP contribution in [-0.4, -0.2) is 62.0 Å². The Labute approximate surface area is 124 Å². The van der Waals surface area contributed by atoms with E-state index in [9.17, 15) is 9.59 Å². The van der Waals surface area contributed by atoms with Gasteiger partial charge in [-0.15, -0.1) is 0 Å². The molecule has 1 aromatic rings. The lowest BCUT2D eigenvalue weighted by atomic mass is 10.2. The highest BCUT2D eigenvalue weighted by Gasteiger charge is 2.21. The molecular formula is C15H21N3O3. The summed E-state index contributed by atoms with van der Waals surface area (Å²) >= 11 is 0. The topological polar surface area (TPSA) is 61.9 Å². The van der Waals surface area contributed by atoms with E-state index in [2.05, 4.69) is 5.32 Å². The molecule has 1 saturated heterocycles. The monoisotopic (exact) mass is 291 g/mol. The zero-order valence-corrected chi connectivity index (χ0v) is 12.5. The van der Waals surface area contributed by atoms with Gasteiger partial charge in [0.2, 0.25) is 11.8 Å². The molecule has 21 heavy (non-hydrogen) atoms. The van der Waals surface area contributed by atoms with Crippen molar-refractivity contribution >= 4 is 11.8 Å². The maximum absolute atomic E-state index is 12.1. The van der Waals surface area contributed by atoms with Crippen molar-refractivity contribution in [2.24, 2.45) is 0 Å². The molecule has 0 bridgehead atoms. The summed E-state index contributed by atoms with van der Waals surface area (Å²) in [5.74, 6) is 0.713. The largest absolute Gasteiger partial charge is 0.497 e. The molecule has 114 valence electrons. The highest BCUT2D eigenvalue weighted by Crippen LogP contribution is 2.12. The number of ether oxygens (including phenoxy) is 1. The summed E-state index contributed by atoms with van der Waals surface area (Å²) in [6.07, 6.45) is 0. The van der Waals surface area contributed by atoms with E-state index < -0.39 is 0 Å². The lowest BCUT2D eigenvalue weighted by Crippen LogP contribution is -2.52. The molecule has 0 saturated carbocycles. The highest BCUT2D eigenvalue weighted by atomic mass is 16.5. The van der Waals surface area contributed by atoms with Crippen LogP contribution < -0.4 is 10.1 Å². The number of methoxy groups -OCH3 is 1. The number of rotatable bonds is 5. The number of amides is 2. The van der Waals surface area contributed by atoms with Gasteiger partial charge in [-0.05, 0) is 24.7 Å². The minimum Gasteiger partial charge on any atom is -0.497 e. The number of likely N-dealkylation sites (N-methyl/N-ethyl adjacent to an activating group) is 1. The third-order valence-corrected chi connectivity index (χ3v) is 3.41. The summed E-state index contributed by atoms with van der Waals surface area (Å²) in [6, 6.07) is 7.77. The van der Waals surface area contributed by atoms with E-state index in [1.54, 1.807) is 12.0 Å². The van der Waals surface area contributed by atoms with Crippen molar-refractivity contribution in [3.8, 4) is 5.75 Å². The lowest BCUT2D eigenvalue weighted by molar-refractivity contribution is -0.138. The number of hydrogen-bond acceptors (Lipinski definition) is 4. The molecule has 0 aliphatic carbocycles. The second-order valence-electron chi connectivity index (χ2n) is 5.19. The van der Waals surface area contributed by atoms with Crippen LogP contribution in [0.1, 0.15) is 5.56 Å². The first-order valence-electron chi connectivity index (χ1n) is 6.94. The molecule has 2 rings (SSSR count). The normalized spacial score (nSPS) is 15.0. The van der Waals surface area contributed by atoms with Crippen LogP contribution in [0.3, 0.4) is 0 Å². The molecule has 0 spiro atoms. The minimum absolute atomic E-state index is 0.0131. The van der Waals surface area contributed by atoms with E-state index in [1.807, 2.05) is 36.2 Å². The molecule has 6 nitrogen and oxygen atoms in total. The molecule has 1 aliphatic heterocycles. The molecular weight excluding hydrogens is 270 g/mol. The quantitative estimate of drug-likeness (QED) is 0.835. The van der Waals surface area contributed by atoms with Crippen molar-refractivity contribution in [1.29, 1.82) is 0 Å². The predicted molar refractivity (Wildman–Crippen MR) is 78.9 cm³/mol. The van der Waals surface area contributed by atoms with Crippen LogP contribution in [0.15, 0.2) is 24.3 Å². The average Bonchev–Trinajstić information content (AvgIpc) is 2.48. The van der Waals surface area contributed by atoms with Crippen LogP contribution in [0.4, 0.5) is 0 Å². The second kappa shape index (κ2) is 7.08. The Morgan fingerprint density at radius 3 is 2.71 bits per heavy atom. The number of benzene rings is 1. The Balaban J connectivity index is 1.84. The van der Waals surface area contributed by atoms with Crippen LogP contribution in [0.2, 0.25) is 0 Å². The number of nitrogens with zero attached hydrogens (tertiary/aromatic N) is 2. The van der Waals surface area contributed by atoms with Crippen LogP contribution in [0, 0.1) is 0 Å². The molecule has 6 heteroatoms. The smallest absolute Gasteiger partial charge is 0.239 e. The fourth-order valence-corrected chi connectivity index (χ4v) is 2.28. The number of hydrogen-bond donors (Lipinski definition) is 1. The maximum atomic E-state index is 12.1. The first-order valence-corrected chi connectivity index (χ1v) is 6.94. The first kappa shape index (κ1) is 15.3. The summed E-state index contributed by atoms with van der Waals surface area (Å²) in [5, 5.41) is 2.71. The Morgan fingerprint density at radius 2 is 2.10 bits per heavy atom. The van der Waals surface area contributed by atoms with Crippen molar-refractivity contribution in [3.05, 3.63) is 29.8 Å². The van der Waals surface area contributed by atoms with Gasteiger partial charge in [0.25, 0.3) is 0 Å². The first-order chi connectivity index (χ1) is 10.1. The number of carbonyl (C=O) groups is 2. The number of piperazine rings is 1. The molecule has 1 N–H and O–H groups in total. The molecule has 1 aliphatic rings. The lowest BCUT2D eigenvalue weighted by Gasteiger charge is -2.28. The van der Waals surface area contributed by atoms with Crippen LogP contribution >= 0.6 is 0 Å². The molecule has 2 amide bonds. The van der Waals surface area contributed by atoms with Crippen molar-refractivity contribution in [1.82, 2.24) is 15.1 Å². The van der Waals surface area contributed by atoms with Crippen LogP contribution in [0.5, 0.6) is 5.75 Å². The van der Waals surface area contributed by atoms with E-state index in [0.717, 1.165) is 11.3 Å². The highest BCUT2D eigenvalue weighted by molar-refractivity contribution is 5.86. The fourth-order valence-electron chi connectivity index (χ4n) is 2.28. The van der Waals surface area contributed by atoms with Gasteiger partial charge in [-0.1, -0.05) is 12.1 Å². The van der Waals surface area contributed by atoms with Gasteiger partial charge >= 0.3 is 0 Å². The van der Waals surface area contributed by atoms with Crippen LogP contribution in [0.25, 0.3) is 0 Å². The third-order valence-electron chi connectivity index (χ3n) is 3.41. The molecule has 0 radical (unpaired) electrons. The molecule has 0 aromatic heterocycles. The Kier molecular flexibility index (Phi) is 5.16. The third kappa shape index (κ3) is 4.46. The van der Waals surface area contributed by atoms with Crippen molar-refractivity contribution < 1.29 is 14.3 Å². The van der Waals surface area contributed by atoms with Gasteiger partial charge in [0.05, 0.1) is 20.2 Å². The summed E-state index contributed by atoms with van der Waals surface area (Å²) in [5.41, 5.74) is 1.11. The summed E-state index contributed by atoms with van der Waals surface area (Å²) in [7, 11) is 3.53. The summed E-state index contributed by atoms with van der Waals surface area (Å²) in [4.78, 5) is 27.0. The van der Waals surface area contributed by atoms with Crippen molar-refractivity contribution in [2.75, 3.05) is 40.3 Å².